The molecule has 1 saturated heterocycles. The van der Waals surface area contributed by atoms with Crippen molar-refractivity contribution in [3.63, 3.8) is 0 Å². The molecule has 9 heavy (non-hydrogen) atoms. The van der Waals surface area contributed by atoms with Crippen LogP contribution in [0.25, 0.3) is 0 Å². The average Bonchev–Trinajstić information content (AvgIpc) is 1.93. The van der Waals surface area contributed by atoms with Crippen molar-refractivity contribution in [3.8, 4) is 0 Å². The van der Waals surface area contributed by atoms with Crippen molar-refractivity contribution >= 4 is 0 Å². The predicted octanol–water partition coefficient (Wildman–Crippen LogP) is 0.773. The Bertz CT molecular complexity index is 75.0. The molecule has 1 aliphatic heterocycles. The Morgan fingerprint density at radius 1 is 1.33 bits per heavy atom. The van der Waals surface area contributed by atoms with Crippen LogP contribution < -0.4 is 5.32 Å². The van der Waals surface area contributed by atoms with Crippen molar-refractivity contribution in [1.82, 2.24) is 5.32 Å². The largest absolute Gasteiger partial charge is 0.374 e. The number of hydrogen-bond acceptors (Lipinski definition) is 2. The first-order valence-electron chi connectivity index (χ1n) is 3.65. The summed E-state index contributed by atoms with van der Waals surface area (Å²) < 4.78 is 5.55. The summed E-state index contributed by atoms with van der Waals surface area (Å²) >= 11 is 0. The normalized spacial score (nSPS) is 38.0. The molecule has 0 aliphatic carbocycles. The van der Waals surface area contributed by atoms with E-state index in [4.69, 9.17) is 4.74 Å². The number of ether oxygens (including phenoxy) is 1. The maximum Gasteiger partial charge on any atom is 0.0674 e. The van der Waals surface area contributed by atoms with E-state index in [9.17, 15) is 0 Å². The molecular weight excluding hydrogens is 114 g/mol. The van der Waals surface area contributed by atoms with Crippen molar-refractivity contribution in [3.05, 3.63) is 0 Å². The van der Waals surface area contributed by atoms with E-state index in [1.165, 1.54) is 0 Å². The van der Waals surface area contributed by atoms with Gasteiger partial charge in [-0.1, -0.05) is 0 Å². The van der Waals surface area contributed by atoms with Gasteiger partial charge in [0.05, 0.1) is 12.2 Å². The quantitative estimate of drug-likeness (QED) is 0.521. The van der Waals surface area contributed by atoms with Gasteiger partial charge in [-0.25, -0.2) is 0 Å². The van der Waals surface area contributed by atoms with Crippen LogP contribution in [0.5, 0.6) is 0 Å². The predicted molar refractivity (Wildman–Crippen MR) is 37.5 cm³/mol. The Morgan fingerprint density at radius 3 is 2.89 bits per heavy atom. The van der Waals surface area contributed by atoms with Gasteiger partial charge in [0.1, 0.15) is 0 Å². The Hall–Kier alpha value is -0.0800. The molecule has 0 aromatic rings. The van der Waals surface area contributed by atoms with E-state index in [0.717, 1.165) is 19.5 Å². The average molecular weight is 129 g/mol. The second-order valence-electron chi connectivity index (χ2n) is 2.75. The summed E-state index contributed by atoms with van der Waals surface area (Å²) in [5.41, 5.74) is 0. The third kappa shape index (κ3) is 2.33. The van der Waals surface area contributed by atoms with Crippen LogP contribution in [0, 0.1) is 0 Å². The summed E-state index contributed by atoms with van der Waals surface area (Å²) in [4.78, 5) is 0. The zero-order valence-corrected chi connectivity index (χ0v) is 6.18. The minimum Gasteiger partial charge on any atom is -0.374 e. The zero-order valence-electron chi connectivity index (χ0n) is 6.18. The summed E-state index contributed by atoms with van der Waals surface area (Å²) in [6, 6.07) is 0. The minimum atomic E-state index is 0.391. The smallest absolute Gasteiger partial charge is 0.0674 e. The highest BCUT2D eigenvalue weighted by molar-refractivity contribution is 4.64. The van der Waals surface area contributed by atoms with Crippen LogP contribution in [-0.2, 0) is 4.74 Å². The molecule has 0 amide bonds. The molecule has 1 fully saturated rings. The summed E-state index contributed by atoms with van der Waals surface area (Å²) in [5, 5.41) is 3.30. The standard InChI is InChI=1S/C7H15NO/c1-6-3-4-8-5-7(2)9-6/h6-8H,3-5H2,1-2H3/t6-,7+/m1/s1. The third-order valence-corrected chi connectivity index (χ3v) is 1.62. The molecule has 0 spiro atoms. The van der Waals surface area contributed by atoms with Crippen LogP contribution in [0.1, 0.15) is 20.3 Å². The number of rotatable bonds is 0. The van der Waals surface area contributed by atoms with E-state index in [0.29, 0.717) is 12.2 Å². The van der Waals surface area contributed by atoms with Crippen molar-refractivity contribution in [2.45, 2.75) is 32.5 Å². The molecular formula is C7H15NO. The van der Waals surface area contributed by atoms with Crippen LogP contribution >= 0.6 is 0 Å². The monoisotopic (exact) mass is 129 g/mol. The lowest BCUT2D eigenvalue weighted by Crippen LogP contribution is -2.23. The molecule has 1 heterocycles. The van der Waals surface area contributed by atoms with E-state index in [2.05, 4.69) is 19.2 Å². The Balaban J connectivity index is 2.29. The topological polar surface area (TPSA) is 21.3 Å². The molecule has 1 aliphatic rings. The first-order valence-corrected chi connectivity index (χ1v) is 3.65. The highest BCUT2D eigenvalue weighted by Crippen LogP contribution is 2.03. The van der Waals surface area contributed by atoms with Crippen LogP contribution in [0.3, 0.4) is 0 Å². The van der Waals surface area contributed by atoms with Gasteiger partial charge >= 0.3 is 0 Å². The first kappa shape index (κ1) is 7.03. The summed E-state index contributed by atoms with van der Waals surface area (Å²) in [5.74, 6) is 0. The van der Waals surface area contributed by atoms with Gasteiger partial charge in [0.25, 0.3) is 0 Å². The molecule has 0 saturated carbocycles. The minimum absolute atomic E-state index is 0.391. The number of nitrogens with one attached hydrogen (secondary N) is 1. The van der Waals surface area contributed by atoms with Gasteiger partial charge in [0, 0.05) is 6.54 Å². The van der Waals surface area contributed by atoms with Gasteiger partial charge in [-0.05, 0) is 26.8 Å². The first-order chi connectivity index (χ1) is 4.29. The maximum atomic E-state index is 5.55. The fraction of sp³-hybridized carbons (Fsp3) is 1.00. The van der Waals surface area contributed by atoms with Crippen molar-refractivity contribution in [2.75, 3.05) is 13.1 Å². The molecule has 0 unspecified atom stereocenters. The third-order valence-electron chi connectivity index (χ3n) is 1.62. The molecule has 0 radical (unpaired) electrons. The second kappa shape index (κ2) is 3.18. The molecule has 0 bridgehead atoms. The van der Waals surface area contributed by atoms with E-state index in [1.54, 1.807) is 0 Å². The Labute approximate surface area is 56.6 Å². The van der Waals surface area contributed by atoms with Gasteiger partial charge in [0.15, 0.2) is 0 Å². The highest BCUT2D eigenvalue weighted by Gasteiger charge is 2.11. The SMILES string of the molecule is C[C@@H]1CCNC[C@H](C)O1. The van der Waals surface area contributed by atoms with Gasteiger partial charge in [0.2, 0.25) is 0 Å². The summed E-state index contributed by atoms with van der Waals surface area (Å²) in [6.45, 7) is 6.34. The molecule has 1 rings (SSSR count). The van der Waals surface area contributed by atoms with E-state index in [-0.39, 0.29) is 0 Å². The van der Waals surface area contributed by atoms with E-state index >= 15 is 0 Å². The second-order valence-corrected chi connectivity index (χ2v) is 2.75. The zero-order chi connectivity index (χ0) is 6.69. The summed E-state index contributed by atoms with van der Waals surface area (Å²) in [6.07, 6.45) is 1.97. The van der Waals surface area contributed by atoms with E-state index in [1.807, 2.05) is 0 Å². The van der Waals surface area contributed by atoms with Crippen molar-refractivity contribution < 1.29 is 4.74 Å². The highest BCUT2D eigenvalue weighted by atomic mass is 16.5. The molecule has 0 aromatic carbocycles. The van der Waals surface area contributed by atoms with Gasteiger partial charge < -0.3 is 10.1 Å². The lowest BCUT2D eigenvalue weighted by atomic mass is 10.3. The van der Waals surface area contributed by atoms with Gasteiger partial charge in [-0.15, -0.1) is 0 Å². The molecule has 54 valence electrons. The number of hydrogen-bond donors (Lipinski definition) is 1. The van der Waals surface area contributed by atoms with Gasteiger partial charge in [-0.2, -0.15) is 0 Å². The molecule has 2 atom stereocenters. The van der Waals surface area contributed by atoms with E-state index < -0.39 is 0 Å². The van der Waals surface area contributed by atoms with Crippen molar-refractivity contribution in [1.29, 1.82) is 0 Å². The molecule has 1 N–H and O–H groups in total. The molecule has 0 aromatic heterocycles. The lowest BCUT2D eigenvalue weighted by Gasteiger charge is -2.12. The van der Waals surface area contributed by atoms with Crippen molar-refractivity contribution in [2.24, 2.45) is 0 Å². The van der Waals surface area contributed by atoms with Crippen LogP contribution in [-0.4, -0.2) is 25.3 Å². The Morgan fingerprint density at radius 2 is 2.11 bits per heavy atom. The lowest BCUT2D eigenvalue weighted by molar-refractivity contribution is 0.0202. The van der Waals surface area contributed by atoms with Gasteiger partial charge in [-0.3, -0.25) is 0 Å². The Kier molecular flexibility index (Phi) is 2.49. The molecule has 2 nitrogen and oxygen atoms in total. The summed E-state index contributed by atoms with van der Waals surface area (Å²) in [7, 11) is 0. The fourth-order valence-electron chi connectivity index (χ4n) is 1.12. The van der Waals surface area contributed by atoms with Crippen LogP contribution in [0.15, 0.2) is 0 Å². The maximum absolute atomic E-state index is 5.55. The fourth-order valence-corrected chi connectivity index (χ4v) is 1.12. The molecule has 2 heteroatoms. The van der Waals surface area contributed by atoms with Crippen LogP contribution in [0.2, 0.25) is 0 Å². The van der Waals surface area contributed by atoms with Crippen LogP contribution in [0.4, 0.5) is 0 Å².